The molecule has 0 saturated heterocycles. The Labute approximate surface area is 192 Å². The molecule has 0 bridgehead atoms. The van der Waals surface area contributed by atoms with Crippen molar-refractivity contribution in [2.45, 2.75) is 19.5 Å². The topological polar surface area (TPSA) is 92.2 Å². The molecule has 2 aromatic carbocycles. The molecule has 2 N–H and O–H groups in total. The molecule has 0 spiro atoms. The number of benzene rings is 2. The molecule has 0 unspecified atom stereocenters. The number of fused-ring (bicyclic) bond motifs is 1. The maximum Gasteiger partial charge on any atom is 0.417 e. The van der Waals surface area contributed by atoms with Gasteiger partial charge in [-0.2, -0.15) is 13.2 Å². The first-order chi connectivity index (χ1) is 16.2. The fourth-order valence-corrected chi connectivity index (χ4v) is 3.56. The van der Waals surface area contributed by atoms with E-state index in [0.29, 0.717) is 34.3 Å². The van der Waals surface area contributed by atoms with Crippen molar-refractivity contribution in [3.63, 3.8) is 0 Å². The van der Waals surface area contributed by atoms with Crippen LogP contribution in [0, 0.1) is 0 Å². The third-order valence-electron chi connectivity index (χ3n) is 5.26. The predicted molar refractivity (Wildman–Crippen MR) is 121 cm³/mol. The first-order valence-corrected chi connectivity index (χ1v) is 10.3. The molecule has 172 valence electrons. The summed E-state index contributed by atoms with van der Waals surface area (Å²) < 4.78 is 38.6. The van der Waals surface area contributed by atoms with E-state index >= 15 is 0 Å². The highest BCUT2D eigenvalue weighted by atomic mass is 19.4. The molecule has 9 heteroatoms. The molecule has 0 aliphatic heterocycles. The molecule has 0 radical (unpaired) electrons. The minimum absolute atomic E-state index is 0.129. The van der Waals surface area contributed by atoms with Crippen molar-refractivity contribution in [1.82, 2.24) is 9.97 Å². The zero-order valence-corrected chi connectivity index (χ0v) is 17.8. The fraction of sp³-hybridized carbons (Fsp3) is 0.120. The molecular weight excluding hydrogens is 447 g/mol. The maximum absolute atomic E-state index is 13.0. The quantitative estimate of drug-likeness (QED) is 0.387. The highest BCUT2D eigenvalue weighted by molar-refractivity contribution is 6.09. The summed E-state index contributed by atoms with van der Waals surface area (Å²) in [6, 6.07) is 15.1. The van der Waals surface area contributed by atoms with Crippen LogP contribution in [0.1, 0.15) is 38.9 Å². The Balaban J connectivity index is 1.65. The summed E-state index contributed by atoms with van der Waals surface area (Å²) in [5.41, 5.74) is 1.49. The Hall–Kier alpha value is -4.27. The number of carboxylic acids is 1. The van der Waals surface area contributed by atoms with E-state index in [1.807, 2.05) is 0 Å². The van der Waals surface area contributed by atoms with Crippen molar-refractivity contribution in [2.24, 2.45) is 0 Å². The lowest BCUT2D eigenvalue weighted by Gasteiger charge is -2.12. The van der Waals surface area contributed by atoms with Gasteiger partial charge >= 0.3 is 12.1 Å². The van der Waals surface area contributed by atoms with E-state index in [9.17, 15) is 27.9 Å². The van der Waals surface area contributed by atoms with E-state index in [2.05, 4.69) is 15.3 Å². The summed E-state index contributed by atoms with van der Waals surface area (Å²) >= 11 is 0. The Morgan fingerprint density at radius 3 is 2.41 bits per heavy atom. The lowest BCUT2D eigenvalue weighted by molar-refractivity contribution is -0.137. The summed E-state index contributed by atoms with van der Waals surface area (Å²) in [6.45, 7) is 1.80. The minimum atomic E-state index is -4.50. The van der Waals surface area contributed by atoms with E-state index in [0.717, 1.165) is 12.3 Å². The molecule has 0 aliphatic rings. The smallest absolute Gasteiger partial charge is 0.417 e. The highest BCUT2D eigenvalue weighted by Gasteiger charge is 2.30. The maximum atomic E-state index is 13.0. The average Bonchev–Trinajstić information content (AvgIpc) is 2.82. The summed E-state index contributed by atoms with van der Waals surface area (Å²) in [7, 11) is 0. The monoisotopic (exact) mass is 465 g/mol. The van der Waals surface area contributed by atoms with E-state index in [1.165, 1.54) is 6.07 Å². The predicted octanol–water partition coefficient (Wildman–Crippen LogP) is 5.83. The number of aromatic nitrogens is 2. The van der Waals surface area contributed by atoms with Crippen molar-refractivity contribution < 1.29 is 27.9 Å². The van der Waals surface area contributed by atoms with Crippen molar-refractivity contribution in [3.05, 3.63) is 89.2 Å². The van der Waals surface area contributed by atoms with E-state index in [1.54, 1.807) is 55.5 Å². The SMILES string of the molecule is CCc1nc2cc(NC(=O)c3ccccc3-c3ccc(C(F)(F)F)cn3)ccc2cc1C(=O)O. The molecule has 1 amide bonds. The van der Waals surface area contributed by atoms with Crippen LogP contribution in [-0.2, 0) is 12.6 Å². The lowest BCUT2D eigenvalue weighted by atomic mass is 10.0. The van der Waals surface area contributed by atoms with Gasteiger partial charge in [0.15, 0.2) is 0 Å². The molecule has 2 aromatic heterocycles. The van der Waals surface area contributed by atoms with Gasteiger partial charge in [-0.15, -0.1) is 0 Å². The van der Waals surface area contributed by atoms with Crippen LogP contribution in [-0.4, -0.2) is 27.0 Å². The summed E-state index contributed by atoms with van der Waals surface area (Å²) in [4.78, 5) is 32.8. The molecule has 0 fully saturated rings. The number of amides is 1. The number of anilines is 1. The molecule has 4 rings (SSSR count). The largest absolute Gasteiger partial charge is 0.478 e. The number of nitrogens with one attached hydrogen (secondary N) is 1. The Morgan fingerprint density at radius 1 is 1.00 bits per heavy atom. The van der Waals surface area contributed by atoms with Gasteiger partial charge in [0.25, 0.3) is 5.91 Å². The van der Waals surface area contributed by atoms with Crippen LogP contribution in [0.3, 0.4) is 0 Å². The second-order valence-electron chi connectivity index (χ2n) is 7.48. The fourth-order valence-electron chi connectivity index (χ4n) is 3.56. The number of aryl methyl sites for hydroxylation is 1. The van der Waals surface area contributed by atoms with Gasteiger partial charge in [-0.1, -0.05) is 31.2 Å². The number of hydrogen-bond donors (Lipinski definition) is 2. The molecule has 0 aliphatic carbocycles. The number of aromatic carboxylic acids is 1. The van der Waals surface area contributed by atoms with Crippen LogP contribution in [0.5, 0.6) is 0 Å². The van der Waals surface area contributed by atoms with E-state index < -0.39 is 23.6 Å². The van der Waals surface area contributed by atoms with Gasteiger partial charge in [-0.05, 0) is 42.8 Å². The number of hydrogen-bond acceptors (Lipinski definition) is 4. The molecule has 2 heterocycles. The number of alkyl halides is 3. The van der Waals surface area contributed by atoms with Gasteiger partial charge < -0.3 is 10.4 Å². The first kappa shape index (κ1) is 22.9. The second kappa shape index (κ2) is 8.93. The van der Waals surface area contributed by atoms with Gasteiger partial charge in [0, 0.05) is 28.4 Å². The Kier molecular flexibility index (Phi) is 6.02. The number of nitrogens with zero attached hydrogens (tertiary/aromatic N) is 2. The van der Waals surface area contributed by atoms with Gasteiger partial charge in [0.2, 0.25) is 0 Å². The number of carbonyl (C=O) groups is 2. The normalized spacial score (nSPS) is 11.4. The molecule has 34 heavy (non-hydrogen) atoms. The van der Waals surface area contributed by atoms with Crippen molar-refractivity contribution in [3.8, 4) is 11.3 Å². The standard InChI is InChI=1S/C25H18F3N3O3/c1-2-20-19(24(33)34)11-14-7-9-16(12-22(14)31-20)30-23(32)18-6-4-3-5-17(18)21-10-8-15(13-29-21)25(26,27)28/h3-13H,2H2,1H3,(H,30,32)(H,33,34). The van der Waals surface area contributed by atoms with Crippen molar-refractivity contribution in [1.29, 1.82) is 0 Å². The van der Waals surface area contributed by atoms with Crippen LogP contribution >= 0.6 is 0 Å². The number of rotatable bonds is 5. The summed E-state index contributed by atoms with van der Waals surface area (Å²) in [6.07, 6.45) is -3.34. The lowest BCUT2D eigenvalue weighted by Crippen LogP contribution is -2.13. The van der Waals surface area contributed by atoms with Crippen LogP contribution < -0.4 is 5.32 Å². The zero-order chi connectivity index (χ0) is 24.5. The number of carboxylic acid groups (broad SMARTS) is 1. The Bertz CT molecular complexity index is 1400. The van der Waals surface area contributed by atoms with Crippen molar-refractivity contribution >= 4 is 28.5 Å². The molecule has 0 saturated carbocycles. The third-order valence-corrected chi connectivity index (χ3v) is 5.26. The van der Waals surface area contributed by atoms with Crippen LogP contribution in [0.25, 0.3) is 22.2 Å². The zero-order valence-electron chi connectivity index (χ0n) is 17.8. The van der Waals surface area contributed by atoms with Crippen LogP contribution in [0.2, 0.25) is 0 Å². The molecular formula is C25H18F3N3O3. The van der Waals surface area contributed by atoms with Crippen LogP contribution in [0.15, 0.2) is 66.9 Å². The van der Waals surface area contributed by atoms with E-state index in [-0.39, 0.29) is 16.8 Å². The molecule has 6 nitrogen and oxygen atoms in total. The van der Waals surface area contributed by atoms with Gasteiger partial charge in [0.05, 0.1) is 28.0 Å². The minimum Gasteiger partial charge on any atom is -0.478 e. The van der Waals surface area contributed by atoms with Gasteiger partial charge in [-0.25, -0.2) is 4.79 Å². The molecule has 0 atom stereocenters. The number of carbonyl (C=O) groups excluding carboxylic acids is 1. The van der Waals surface area contributed by atoms with Crippen molar-refractivity contribution in [2.75, 3.05) is 5.32 Å². The first-order valence-electron chi connectivity index (χ1n) is 10.3. The van der Waals surface area contributed by atoms with E-state index in [4.69, 9.17) is 0 Å². The summed E-state index contributed by atoms with van der Waals surface area (Å²) in [5.74, 6) is -1.54. The van der Waals surface area contributed by atoms with Crippen LogP contribution in [0.4, 0.5) is 18.9 Å². The van der Waals surface area contributed by atoms with Gasteiger partial charge in [0.1, 0.15) is 0 Å². The van der Waals surface area contributed by atoms with Gasteiger partial charge in [-0.3, -0.25) is 14.8 Å². The number of pyridine rings is 2. The Morgan fingerprint density at radius 2 is 1.76 bits per heavy atom. The average molecular weight is 465 g/mol. The second-order valence-corrected chi connectivity index (χ2v) is 7.48. The number of halogens is 3. The summed E-state index contributed by atoms with van der Waals surface area (Å²) in [5, 5.41) is 12.8. The molecule has 4 aromatic rings. The third kappa shape index (κ3) is 4.59. The highest BCUT2D eigenvalue weighted by Crippen LogP contribution is 2.31.